The summed E-state index contributed by atoms with van der Waals surface area (Å²) in [6, 6.07) is 2.18. The van der Waals surface area contributed by atoms with E-state index in [9.17, 15) is 8.78 Å². The summed E-state index contributed by atoms with van der Waals surface area (Å²) in [5, 5.41) is 3.28. The van der Waals surface area contributed by atoms with Gasteiger partial charge in [0.25, 0.3) is 0 Å². The first-order valence-electron chi connectivity index (χ1n) is 7.12. The van der Waals surface area contributed by atoms with Gasteiger partial charge in [0.1, 0.15) is 23.2 Å². The lowest BCUT2D eigenvalue weighted by Gasteiger charge is -2.20. The molecule has 2 rings (SSSR count). The summed E-state index contributed by atoms with van der Waals surface area (Å²) in [5.41, 5.74) is 2.81. The van der Waals surface area contributed by atoms with Crippen LogP contribution in [0.4, 0.5) is 8.78 Å². The van der Waals surface area contributed by atoms with Crippen LogP contribution in [0.2, 0.25) is 0 Å². The Morgan fingerprint density at radius 1 is 1.05 bits per heavy atom. The normalized spacial score (nSPS) is 12.7. The average molecular weight is 293 g/mol. The van der Waals surface area contributed by atoms with E-state index >= 15 is 0 Å². The van der Waals surface area contributed by atoms with E-state index in [1.165, 1.54) is 0 Å². The van der Waals surface area contributed by atoms with E-state index in [2.05, 4.69) is 5.32 Å². The van der Waals surface area contributed by atoms with E-state index in [0.717, 1.165) is 28.7 Å². The van der Waals surface area contributed by atoms with Crippen molar-refractivity contribution in [2.24, 2.45) is 0 Å². The maximum absolute atomic E-state index is 14.2. The van der Waals surface area contributed by atoms with Crippen LogP contribution >= 0.6 is 0 Å². The molecule has 1 atom stereocenters. The molecule has 1 heterocycles. The quantitative estimate of drug-likeness (QED) is 0.898. The van der Waals surface area contributed by atoms with E-state index in [-0.39, 0.29) is 6.04 Å². The first kappa shape index (κ1) is 15.7. The zero-order valence-electron chi connectivity index (χ0n) is 13.1. The maximum atomic E-state index is 14.2. The van der Waals surface area contributed by atoms with Crippen LogP contribution in [0.15, 0.2) is 16.5 Å². The van der Waals surface area contributed by atoms with Crippen molar-refractivity contribution in [2.75, 3.05) is 6.54 Å². The first-order chi connectivity index (χ1) is 9.86. The van der Waals surface area contributed by atoms with Crippen LogP contribution in [0.3, 0.4) is 0 Å². The number of nitrogens with one attached hydrogen (secondary N) is 1. The molecular weight excluding hydrogens is 272 g/mol. The van der Waals surface area contributed by atoms with E-state index in [0.29, 0.717) is 17.7 Å². The highest BCUT2D eigenvalue weighted by Crippen LogP contribution is 2.33. The Morgan fingerprint density at radius 3 is 2.24 bits per heavy atom. The Bertz CT molecular complexity index is 661. The van der Waals surface area contributed by atoms with Gasteiger partial charge in [0, 0.05) is 17.2 Å². The zero-order valence-corrected chi connectivity index (χ0v) is 13.1. The van der Waals surface area contributed by atoms with Crippen molar-refractivity contribution in [3.63, 3.8) is 0 Å². The van der Waals surface area contributed by atoms with Crippen molar-refractivity contribution in [3.05, 3.63) is 57.5 Å². The Labute approximate surface area is 124 Å². The Hall–Kier alpha value is -1.68. The lowest BCUT2D eigenvalue weighted by atomic mass is 9.93. The van der Waals surface area contributed by atoms with Crippen molar-refractivity contribution >= 4 is 0 Å². The summed E-state index contributed by atoms with van der Waals surface area (Å²) in [6.07, 6.45) is 0. The van der Waals surface area contributed by atoms with Crippen molar-refractivity contribution in [1.82, 2.24) is 5.32 Å². The van der Waals surface area contributed by atoms with Crippen LogP contribution in [-0.2, 0) is 0 Å². The fourth-order valence-electron chi connectivity index (χ4n) is 2.71. The van der Waals surface area contributed by atoms with E-state index in [1.54, 1.807) is 13.0 Å². The molecule has 1 aromatic carbocycles. The summed E-state index contributed by atoms with van der Waals surface area (Å²) >= 11 is 0. The van der Waals surface area contributed by atoms with Crippen molar-refractivity contribution in [1.29, 1.82) is 0 Å². The molecule has 114 valence electrons. The van der Waals surface area contributed by atoms with Gasteiger partial charge in [-0.05, 0) is 51.4 Å². The first-order valence-corrected chi connectivity index (χ1v) is 7.12. The summed E-state index contributed by atoms with van der Waals surface area (Å²) in [4.78, 5) is 0. The molecule has 0 spiro atoms. The molecule has 1 aromatic heterocycles. The average Bonchev–Trinajstić information content (AvgIpc) is 2.66. The van der Waals surface area contributed by atoms with E-state index in [4.69, 9.17) is 4.42 Å². The van der Waals surface area contributed by atoms with Gasteiger partial charge in [0.15, 0.2) is 0 Å². The minimum atomic E-state index is -0.540. The third kappa shape index (κ3) is 2.86. The molecule has 0 aliphatic rings. The third-order valence-electron chi connectivity index (χ3n) is 3.90. The second kappa shape index (κ2) is 5.98. The van der Waals surface area contributed by atoms with Crippen LogP contribution in [0, 0.1) is 39.3 Å². The predicted molar refractivity (Wildman–Crippen MR) is 79.5 cm³/mol. The minimum Gasteiger partial charge on any atom is -0.466 e. The van der Waals surface area contributed by atoms with Crippen LogP contribution < -0.4 is 5.32 Å². The largest absolute Gasteiger partial charge is 0.466 e. The second-order valence-corrected chi connectivity index (χ2v) is 5.37. The van der Waals surface area contributed by atoms with Gasteiger partial charge in [-0.3, -0.25) is 0 Å². The molecule has 21 heavy (non-hydrogen) atoms. The molecule has 0 bridgehead atoms. The van der Waals surface area contributed by atoms with Crippen LogP contribution in [-0.4, -0.2) is 6.54 Å². The maximum Gasteiger partial charge on any atom is 0.131 e. The molecule has 1 unspecified atom stereocenters. The van der Waals surface area contributed by atoms with Gasteiger partial charge in [0.05, 0.1) is 6.04 Å². The summed E-state index contributed by atoms with van der Waals surface area (Å²) < 4.78 is 33.4. The monoisotopic (exact) mass is 293 g/mol. The number of halogens is 2. The highest BCUT2D eigenvalue weighted by Gasteiger charge is 2.25. The lowest BCUT2D eigenvalue weighted by Crippen LogP contribution is -2.24. The van der Waals surface area contributed by atoms with Crippen molar-refractivity contribution < 1.29 is 13.2 Å². The molecule has 0 aliphatic heterocycles. The Kier molecular flexibility index (Phi) is 4.47. The van der Waals surface area contributed by atoms with E-state index in [1.807, 2.05) is 27.7 Å². The highest BCUT2D eigenvalue weighted by molar-refractivity contribution is 5.42. The molecule has 1 N–H and O–H groups in total. The van der Waals surface area contributed by atoms with E-state index < -0.39 is 11.6 Å². The number of furan rings is 1. The molecule has 0 saturated heterocycles. The summed E-state index contributed by atoms with van der Waals surface area (Å²) in [6.45, 7) is 9.99. The number of benzene rings is 1. The second-order valence-electron chi connectivity index (χ2n) is 5.37. The standard InChI is InChI=1S/C17H21F2NO/c1-6-20-17(16-10(3)11(4)21-12(16)5)13-7-9(2)14(18)8-15(13)19/h7-8,17,20H,6H2,1-5H3. The van der Waals surface area contributed by atoms with Crippen molar-refractivity contribution in [2.45, 2.75) is 40.7 Å². The topological polar surface area (TPSA) is 25.2 Å². The summed E-state index contributed by atoms with van der Waals surface area (Å²) in [7, 11) is 0. The number of hydrogen-bond donors (Lipinski definition) is 1. The van der Waals surface area contributed by atoms with Crippen LogP contribution in [0.1, 0.15) is 46.7 Å². The van der Waals surface area contributed by atoms with Gasteiger partial charge in [0.2, 0.25) is 0 Å². The van der Waals surface area contributed by atoms with Crippen LogP contribution in [0.5, 0.6) is 0 Å². The Balaban J connectivity index is 2.61. The van der Waals surface area contributed by atoms with Gasteiger partial charge >= 0.3 is 0 Å². The highest BCUT2D eigenvalue weighted by atomic mass is 19.1. The smallest absolute Gasteiger partial charge is 0.131 e. The fraction of sp³-hybridized carbons (Fsp3) is 0.412. The Morgan fingerprint density at radius 2 is 1.71 bits per heavy atom. The van der Waals surface area contributed by atoms with Gasteiger partial charge in [-0.15, -0.1) is 0 Å². The van der Waals surface area contributed by atoms with Crippen molar-refractivity contribution in [3.8, 4) is 0 Å². The fourth-order valence-corrected chi connectivity index (χ4v) is 2.71. The van der Waals surface area contributed by atoms with Crippen LogP contribution in [0.25, 0.3) is 0 Å². The van der Waals surface area contributed by atoms with Gasteiger partial charge in [-0.1, -0.05) is 6.92 Å². The van der Waals surface area contributed by atoms with Gasteiger partial charge in [-0.25, -0.2) is 8.78 Å². The molecule has 4 heteroatoms. The zero-order chi connectivity index (χ0) is 15.7. The molecule has 0 saturated carbocycles. The molecular formula is C17H21F2NO. The van der Waals surface area contributed by atoms with Gasteiger partial charge < -0.3 is 9.73 Å². The SMILES string of the molecule is CCNC(c1cc(C)c(F)cc1F)c1c(C)oc(C)c1C. The molecule has 2 nitrogen and oxygen atoms in total. The van der Waals surface area contributed by atoms with Gasteiger partial charge in [-0.2, -0.15) is 0 Å². The summed E-state index contributed by atoms with van der Waals surface area (Å²) in [5.74, 6) is 0.520. The molecule has 2 aromatic rings. The molecule has 0 aliphatic carbocycles. The number of rotatable bonds is 4. The molecule has 0 amide bonds. The number of aryl methyl sites for hydroxylation is 3. The lowest BCUT2D eigenvalue weighted by molar-refractivity contribution is 0.490. The number of hydrogen-bond acceptors (Lipinski definition) is 2. The third-order valence-corrected chi connectivity index (χ3v) is 3.90. The minimum absolute atomic E-state index is 0.341. The molecule has 0 fully saturated rings. The molecule has 0 radical (unpaired) electrons. The predicted octanol–water partition coefficient (Wildman–Crippen LogP) is 4.49.